The fourth-order valence-electron chi connectivity index (χ4n) is 5.35. The van der Waals surface area contributed by atoms with E-state index in [-0.39, 0.29) is 17.5 Å². The normalized spacial score (nSPS) is 17.8. The van der Waals surface area contributed by atoms with Crippen LogP contribution in [0.5, 0.6) is 0 Å². The molecule has 0 bridgehead atoms. The van der Waals surface area contributed by atoms with Gasteiger partial charge in [-0.05, 0) is 75.8 Å². The van der Waals surface area contributed by atoms with Gasteiger partial charge >= 0.3 is 6.09 Å². The highest BCUT2D eigenvalue weighted by atomic mass is 19.1. The van der Waals surface area contributed by atoms with Crippen molar-refractivity contribution in [2.24, 2.45) is 0 Å². The number of nitrogens with zero attached hydrogens (tertiary/aromatic N) is 1. The van der Waals surface area contributed by atoms with Crippen LogP contribution in [0.1, 0.15) is 62.0 Å². The zero-order valence-electron chi connectivity index (χ0n) is 22.0. The first-order valence-corrected chi connectivity index (χ1v) is 12.9. The molecule has 1 aromatic heterocycles. The first-order chi connectivity index (χ1) is 17.5. The van der Waals surface area contributed by atoms with E-state index in [1.54, 1.807) is 0 Å². The Morgan fingerprint density at radius 3 is 2.54 bits per heavy atom. The summed E-state index contributed by atoms with van der Waals surface area (Å²) in [5.74, 6) is -0.656. The van der Waals surface area contributed by atoms with Crippen LogP contribution in [-0.4, -0.2) is 52.7 Å². The summed E-state index contributed by atoms with van der Waals surface area (Å²) < 4.78 is 19.6. The van der Waals surface area contributed by atoms with E-state index >= 15 is 0 Å². The molecular weight excluding hydrogens is 471 g/mol. The summed E-state index contributed by atoms with van der Waals surface area (Å²) in [7, 11) is 0. The fourth-order valence-corrected chi connectivity index (χ4v) is 5.35. The van der Waals surface area contributed by atoms with Gasteiger partial charge in [-0.2, -0.15) is 0 Å². The fraction of sp³-hybridized carbons (Fsp3) is 0.448. The maximum Gasteiger partial charge on any atom is 0.408 e. The lowest BCUT2D eigenvalue weighted by molar-refractivity contribution is 0.0401. The molecule has 2 aromatic carbocycles. The van der Waals surface area contributed by atoms with Crippen molar-refractivity contribution in [3.05, 3.63) is 58.9 Å². The number of rotatable bonds is 4. The molecule has 5 rings (SSSR count). The molecule has 7 nitrogen and oxygen atoms in total. The van der Waals surface area contributed by atoms with Crippen molar-refractivity contribution in [3.63, 3.8) is 0 Å². The predicted octanol–water partition coefficient (Wildman–Crippen LogP) is 5.14. The lowest BCUT2D eigenvalue weighted by Crippen LogP contribution is -2.54. The second-order valence-corrected chi connectivity index (χ2v) is 11.5. The molecule has 0 unspecified atom stereocenters. The minimum Gasteiger partial charge on any atom is -0.444 e. The SMILES string of the molecule is CC1(NC(=O)OC(C)(C)C)CCN(Cc2ccc(-c3[nH]c4cc(F)cc5c4c3CCNC5=O)cc2)CC1. The number of amides is 2. The molecule has 3 N–H and O–H groups in total. The molecule has 0 saturated carbocycles. The molecule has 1 saturated heterocycles. The third-order valence-electron chi connectivity index (χ3n) is 7.28. The van der Waals surface area contributed by atoms with Crippen molar-refractivity contribution >= 4 is 22.9 Å². The molecule has 0 spiro atoms. The smallest absolute Gasteiger partial charge is 0.408 e. The second-order valence-electron chi connectivity index (χ2n) is 11.5. The number of ether oxygens (including phenoxy) is 1. The molecule has 2 aliphatic heterocycles. The number of carbonyl (C=O) groups excluding carboxylic acids is 2. The zero-order chi connectivity index (χ0) is 26.4. The topological polar surface area (TPSA) is 86.5 Å². The number of hydrogen-bond acceptors (Lipinski definition) is 4. The zero-order valence-corrected chi connectivity index (χ0v) is 22.0. The monoisotopic (exact) mass is 506 g/mol. The average Bonchev–Trinajstić information content (AvgIpc) is 3.08. The summed E-state index contributed by atoms with van der Waals surface area (Å²) in [5, 5.41) is 6.74. The molecule has 2 amide bonds. The van der Waals surface area contributed by atoms with Crippen LogP contribution >= 0.6 is 0 Å². The highest BCUT2D eigenvalue weighted by molar-refractivity contribution is 6.10. The maximum atomic E-state index is 14.2. The van der Waals surface area contributed by atoms with Gasteiger partial charge in [-0.25, -0.2) is 9.18 Å². The number of H-pyrrole nitrogens is 1. The summed E-state index contributed by atoms with van der Waals surface area (Å²) >= 11 is 0. The van der Waals surface area contributed by atoms with E-state index in [0.29, 0.717) is 24.0 Å². The van der Waals surface area contributed by atoms with Gasteiger partial charge < -0.3 is 20.4 Å². The van der Waals surface area contributed by atoms with Crippen molar-refractivity contribution in [2.75, 3.05) is 19.6 Å². The van der Waals surface area contributed by atoms with Crippen molar-refractivity contribution in [3.8, 4) is 11.3 Å². The third kappa shape index (κ3) is 5.49. The Morgan fingerprint density at radius 1 is 1.16 bits per heavy atom. The Kier molecular flexibility index (Phi) is 6.48. The van der Waals surface area contributed by atoms with Crippen LogP contribution in [0.3, 0.4) is 0 Å². The number of piperidine rings is 1. The molecule has 2 aliphatic rings. The Hall–Kier alpha value is -3.39. The standard InChI is InChI=1S/C29H35FN4O3/c1-28(2,3)37-27(36)33-29(4)10-13-34(14-11-29)17-18-5-7-19(8-6-18)25-21-9-12-31-26(35)22-15-20(30)16-23(32-25)24(21)22/h5-8,15-16,32H,9-14,17H2,1-4H3,(H,31,35)(H,33,36). The Morgan fingerprint density at radius 2 is 1.86 bits per heavy atom. The van der Waals surface area contributed by atoms with E-state index in [1.165, 1.54) is 17.7 Å². The number of alkyl carbamates (subject to hydrolysis) is 1. The molecule has 1 fully saturated rings. The Balaban J connectivity index is 1.26. The van der Waals surface area contributed by atoms with Gasteiger partial charge in [0.05, 0.1) is 5.56 Å². The van der Waals surface area contributed by atoms with Crippen LogP contribution in [0.2, 0.25) is 0 Å². The van der Waals surface area contributed by atoms with Crippen molar-refractivity contribution in [1.29, 1.82) is 0 Å². The highest BCUT2D eigenvalue weighted by Gasteiger charge is 2.33. The Labute approximate surface area is 216 Å². The van der Waals surface area contributed by atoms with E-state index in [9.17, 15) is 14.0 Å². The van der Waals surface area contributed by atoms with Crippen LogP contribution in [0.15, 0.2) is 36.4 Å². The number of aromatic amines is 1. The lowest BCUT2D eigenvalue weighted by atomic mass is 9.89. The number of halogens is 1. The van der Waals surface area contributed by atoms with Gasteiger partial charge in [0, 0.05) is 48.3 Å². The van der Waals surface area contributed by atoms with Gasteiger partial charge in [0.2, 0.25) is 0 Å². The van der Waals surface area contributed by atoms with Gasteiger partial charge in [0.15, 0.2) is 0 Å². The van der Waals surface area contributed by atoms with Crippen LogP contribution in [0.4, 0.5) is 9.18 Å². The number of aromatic nitrogens is 1. The average molecular weight is 507 g/mol. The molecule has 37 heavy (non-hydrogen) atoms. The van der Waals surface area contributed by atoms with Gasteiger partial charge in [-0.3, -0.25) is 9.69 Å². The second kappa shape index (κ2) is 9.49. The van der Waals surface area contributed by atoms with Crippen LogP contribution in [0, 0.1) is 5.82 Å². The van der Waals surface area contributed by atoms with Gasteiger partial charge in [-0.1, -0.05) is 24.3 Å². The quantitative estimate of drug-likeness (QED) is 0.457. The summed E-state index contributed by atoms with van der Waals surface area (Å²) in [6.45, 7) is 10.8. The lowest BCUT2D eigenvalue weighted by Gasteiger charge is -2.40. The molecule has 0 atom stereocenters. The number of hydrogen-bond donors (Lipinski definition) is 3. The van der Waals surface area contributed by atoms with Crippen LogP contribution in [-0.2, 0) is 17.7 Å². The summed E-state index contributed by atoms with van der Waals surface area (Å²) in [4.78, 5) is 30.5. The molecule has 0 aliphatic carbocycles. The largest absolute Gasteiger partial charge is 0.444 e. The molecule has 8 heteroatoms. The van der Waals surface area contributed by atoms with Crippen molar-refractivity contribution in [2.45, 2.75) is 64.6 Å². The summed E-state index contributed by atoms with van der Waals surface area (Å²) in [6, 6.07) is 11.2. The molecule has 3 aromatic rings. The predicted molar refractivity (Wildman–Crippen MR) is 142 cm³/mol. The van der Waals surface area contributed by atoms with E-state index in [2.05, 4.69) is 51.7 Å². The molecule has 3 heterocycles. The first kappa shape index (κ1) is 25.3. The van der Waals surface area contributed by atoms with Crippen molar-refractivity contribution < 1.29 is 18.7 Å². The minimum atomic E-state index is -0.510. The van der Waals surface area contributed by atoms with E-state index < -0.39 is 11.4 Å². The maximum absolute atomic E-state index is 14.2. The number of nitrogens with one attached hydrogen (secondary N) is 3. The molecule has 0 radical (unpaired) electrons. The van der Waals surface area contributed by atoms with E-state index in [4.69, 9.17) is 4.74 Å². The first-order valence-electron chi connectivity index (χ1n) is 12.9. The highest BCUT2D eigenvalue weighted by Crippen LogP contribution is 2.35. The van der Waals surface area contributed by atoms with Gasteiger partial charge in [0.1, 0.15) is 11.4 Å². The van der Waals surface area contributed by atoms with Gasteiger partial charge in [0.25, 0.3) is 5.91 Å². The summed E-state index contributed by atoms with van der Waals surface area (Å²) in [6.07, 6.45) is 2.04. The van der Waals surface area contributed by atoms with Crippen LogP contribution < -0.4 is 10.6 Å². The Bertz CT molecular complexity index is 1330. The molecular formula is C29H35FN4O3. The number of likely N-dealkylation sites (tertiary alicyclic amines) is 1. The number of benzene rings is 2. The van der Waals surface area contributed by atoms with E-state index in [1.807, 2.05) is 20.8 Å². The van der Waals surface area contributed by atoms with Crippen LogP contribution in [0.25, 0.3) is 22.2 Å². The summed E-state index contributed by atoms with van der Waals surface area (Å²) in [5.41, 5.74) is 4.46. The van der Waals surface area contributed by atoms with Crippen molar-refractivity contribution in [1.82, 2.24) is 20.5 Å². The third-order valence-corrected chi connectivity index (χ3v) is 7.28. The number of carbonyl (C=O) groups is 2. The molecule has 196 valence electrons. The van der Waals surface area contributed by atoms with E-state index in [0.717, 1.165) is 54.7 Å². The minimum absolute atomic E-state index is 0.233. The van der Waals surface area contributed by atoms with Gasteiger partial charge in [-0.15, -0.1) is 0 Å².